The molecule has 0 radical (unpaired) electrons. The van der Waals surface area contributed by atoms with Crippen LogP contribution in [0.25, 0.3) is 10.8 Å². The van der Waals surface area contributed by atoms with Crippen molar-refractivity contribution in [2.24, 2.45) is 9.98 Å². The molecular weight excluding hydrogens is 531 g/mol. The van der Waals surface area contributed by atoms with Gasteiger partial charge in [-0.05, 0) is 89.3 Å². The summed E-state index contributed by atoms with van der Waals surface area (Å²) < 4.78 is 20.6. The van der Waals surface area contributed by atoms with Crippen molar-refractivity contribution in [3.63, 3.8) is 0 Å². The zero-order chi connectivity index (χ0) is 29.3. The van der Waals surface area contributed by atoms with Gasteiger partial charge in [0.2, 0.25) is 5.88 Å². The van der Waals surface area contributed by atoms with Crippen LogP contribution in [-0.2, 0) is 0 Å². The SMILES string of the molecule is C=N/C(=C\C=N/CNC1CCN(C)CC1)Oc1ccc(NC(=O)c2cc(F)cc(N3CCCCC3)c2)c2ccccc12. The highest BCUT2D eigenvalue weighted by atomic mass is 19.1. The van der Waals surface area contributed by atoms with Crippen molar-refractivity contribution in [2.75, 3.05) is 50.1 Å². The number of allylic oxidation sites excluding steroid dienone is 1. The number of likely N-dealkylation sites (tertiary alicyclic amines) is 1. The van der Waals surface area contributed by atoms with Gasteiger partial charge in [0.15, 0.2) is 0 Å². The van der Waals surface area contributed by atoms with E-state index in [1.165, 1.54) is 18.6 Å². The quantitative estimate of drug-likeness (QED) is 0.236. The fraction of sp³-hybridized carbons (Fsp3) is 0.364. The molecule has 3 aromatic rings. The molecule has 220 valence electrons. The molecule has 2 saturated heterocycles. The van der Waals surface area contributed by atoms with Crippen LogP contribution in [0.4, 0.5) is 15.8 Å². The summed E-state index contributed by atoms with van der Waals surface area (Å²) in [4.78, 5) is 26.2. The van der Waals surface area contributed by atoms with Gasteiger partial charge in [0.1, 0.15) is 11.6 Å². The molecule has 0 aromatic heterocycles. The minimum Gasteiger partial charge on any atom is -0.438 e. The predicted octanol–water partition coefficient (Wildman–Crippen LogP) is 5.85. The number of aliphatic imine (C=N–C) groups is 2. The lowest BCUT2D eigenvalue weighted by Crippen LogP contribution is -2.40. The Labute approximate surface area is 247 Å². The average molecular weight is 571 g/mol. The normalized spacial score (nSPS) is 17.1. The van der Waals surface area contributed by atoms with Gasteiger partial charge in [-0.25, -0.2) is 9.38 Å². The Balaban J connectivity index is 1.27. The molecule has 5 rings (SSSR count). The number of carbonyl (C=O) groups excluding carboxylic acids is 1. The molecule has 2 heterocycles. The van der Waals surface area contributed by atoms with Crippen LogP contribution in [-0.4, -0.2) is 69.7 Å². The number of halogens is 1. The molecular formula is C33H39FN6O2. The maximum atomic E-state index is 14.5. The van der Waals surface area contributed by atoms with Crippen LogP contribution in [0, 0.1) is 5.82 Å². The number of benzene rings is 3. The zero-order valence-corrected chi connectivity index (χ0v) is 24.2. The van der Waals surface area contributed by atoms with Crippen LogP contribution in [0.5, 0.6) is 5.75 Å². The fourth-order valence-electron chi connectivity index (χ4n) is 5.50. The average Bonchev–Trinajstić information content (AvgIpc) is 3.02. The molecule has 0 atom stereocenters. The van der Waals surface area contributed by atoms with E-state index in [-0.39, 0.29) is 11.5 Å². The first kappa shape index (κ1) is 29.4. The van der Waals surface area contributed by atoms with E-state index in [1.807, 2.05) is 24.3 Å². The molecule has 2 fully saturated rings. The Morgan fingerprint density at radius 2 is 1.81 bits per heavy atom. The van der Waals surface area contributed by atoms with Crippen molar-refractivity contribution in [3.8, 4) is 5.75 Å². The summed E-state index contributed by atoms with van der Waals surface area (Å²) >= 11 is 0. The Bertz CT molecular complexity index is 1460. The summed E-state index contributed by atoms with van der Waals surface area (Å²) in [5, 5.41) is 8.01. The smallest absolute Gasteiger partial charge is 0.255 e. The van der Waals surface area contributed by atoms with Crippen LogP contribution >= 0.6 is 0 Å². The number of ether oxygens (including phenoxy) is 1. The summed E-state index contributed by atoms with van der Waals surface area (Å²) in [6, 6.07) is 16.2. The Hall–Kier alpha value is -4.08. The third kappa shape index (κ3) is 7.60. The first-order chi connectivity index (χ1) is 20.5. The number of rotatable bonds is 10. The van der Waals surface area contributed by atoms with Gasteiger partial charge in [-0.3, -0.25) is 15.1 Å². The lowest BCUT2D eigenvalue weighted by Gasteiger charge is -2.29. The van der Waals surface area contributed by atoms with Gasteiger partial charge in [-0.2, -0.15) is 0 Å². The van der Waals surface area contributed by atoms with Crippen molar-refractivity contribution >= 4 is 41.0 Å². The Morgan fingerprint density at radius 3 is 2.57 bits per heavy atom. The highest BCUT2D eigenvalue weighted by Crippen LogP contribution is 2.33. The van der Waals surface area contributed by atoms with Crippen LogP contribution in [0.15, 0.2) is 76.5 Å². The minimum absolute atomic E-state index is 0.283. The Kier molecular flexibility index (Phi) is 9.94. The van der Waals surface area contributed by atoms with Crippen molar-refractivity contribution in [3.05, 3.63) is 77.9 Å². The van der Waals surface area contributed by atoms with Gasteiger partial charge in [-0.15, -0.1) is 0 Å². The standard InChI is InChI=1S/C33H39FN6O2/c1-35-32(12-15-36-23-37-26-13-18-39(2)19-14-26)42-31-11-10-30(28-8-4-5-9-29(28)31)38-33(41)24-20-25(34)22-27(21-24)40-16-6-3-7-17-40/h4-5,8-12,15,20-22,26,37H,1,3,6-7,13-14,16-19,23H2,2H3,(H,38,41)/b32-12+,36-15-. The third-order valence-corrected chi connectivity index (χ3v) is 7.88. The number of anilines is 2. The molecule has 2 N–H and O–H groups in total. The molecule has 3 aromatic carbocycles. The molecule has 2 aliphatic heterocycles. The van der Waals surface area contributed by atoms with Crippen molar-refractivity contribution in [1.82, 2.24) is 10.2 Å². The third-order valence-electron chi connectivity index (χ3n) is 7.88. The summed E-state index contributed by atoms with van der Waals surface area (Å²) in [5.41, 5.74) is 1.63. The van der Waals surface area contributed by atoms with E-state index < -0.39 is 5.82 Å². The van der Waals surface area contributed by atoms with Crippen molar-refractivity contribution < 1.29 is 13.9 Å². The van der Waals surface area contributed by atoms with Gasteiger partial charge in [0.05, 0.1) is 6.67 Å². The minimum atomic E-state index is -0.422. The number of carbonyl (C=O) groups is 1. The maximum absolute atomic E-state index is 14.5. The van der Waals surface area contributed by atoms with Crippen molar-refractivity contribution in [2.45, 2.75) is 38.1 Å². The zero-order valence-electron chi connectivity index (χ0n) is 24.2. The van der Waals surface area contributed by atoms with E-state index in [1.54, 1.807) is 30.5 Å². The molecule has 0 unspecified atom stereocenters. The summed E-state index contributed by atoms with van der Waals surface area (Å²) in [6.07, 6.45) is 8.90. The molecule has 2 aliphatic rings. The lowest BCUT2D eigenvalue weighted by atomic mass is 10.1. The highest BCUT2D eigenvalue weighted by molar-refractivity contribution is 6.10. The van der Waals surface area contributed by atoms with Gasteiger partial charge in [0, 0.05) is 59.1 Å². The maximum Gasteiger partial charge on any atom is 0.255 e. The van der Waals surface area contributed by atoms with E-state index in [0.29, 0.717) is 30.0 Å². The van der Waals surface area contributed by atoms with E-state index in [9.17, 15) is 9.18 Å². The van der Waals surface area contributed by atoms with Gasteiger partial charge < -0.3 is 19.9 Å². The predicted molar refractivity (Wildman–Crippen MR) is 170 cm³/mol. The second kappa shape index (κ2) is 14.2. The first-order valence-corrected chi connectivity index (χ1v) is 14.7. The van der Waals surface area contributed by atoms with Crippen LogP contribution in [0.1, 0.15) is 42.5 Å². The number of nitrogens with one attached hydrogen (secondary N) is 2. The molecule has 9 heteroatoms. The van der Waals surface area contributed by atoms with Crippen LogP contribution in [0.3, 0.4) is 0 Å². The molecule has 0 bridgehead atoms. The topological polar surface area (TPSA) is 81.6 Å². The van der Waals surface area contributed by atoms with Crippen LogP contribution < -0.4 is 20.3 Å². The van der Waals surface area contributed by atoms with E-state index >= 15 is 0 Å². The lowest BCUT2D eigenvalue weighted by molar-refractivity contribution is 0.102. The highest BCUT2D eigenvalue weighted by Gasteiger charge is 2.17. The molecule has 0 spiro atoms. The number of fused-ring (bicyclic) bond motifs is 1. The van der Waals surface area contributed by atoms with Crippen LogP contribution in [0.2, 0.25) is 0 Å². The van der Waals surface area contributed by atoms with Crippen molar-refractivity contribution in [1.29, 1.82) is 0 Å². The van der Waals surface area contributed by atoms with Gasteiger partial charge >= 0.3 is 0 Å². The molecule has 1 amide bonds. The van der Waals surface area contributed by atoms with E-state index in [2.05, 4.69) is 44.2 Å². The summed E-state index contributed by atoms with van der Waals surface area (Å²) in [6.45, 7) is 8.10. The number of hydrogen-bond acceptors (Lipinski definition) is 7. The second-order valence-electron chi connectivity index (χ2n) is 10.9. The van der Waals surface area contributed by atoms with E-state index in [0.717, 1.165) is 68.3 Å². The first-order valence-electron chi connectivity index (χ1n) is 14.7. The number of amides is 1. The molecule has 42 heavy (non-hydrogen) atoms. The molecule has 8 nitrogen and oxygen atoms in total. The molecule has 0 saturated carbocycles. The fourth-order valence-corrected chi connectivity index (χ4v) is 5.50. The summed E-state index contributed by atoms with van der Waals surface area (Å²) in [7, 11) is 2.15. The number of hydrogen-bond donors (Lipinski definition) is 2. The van der Waals surface area contributed by atoms with Gasteiger partial charge in [-0.1, -0.05) is 24.3 Å². The van der Waals surface area contributed by atoms with Gasteiger partial charge in [0.25, 0.3) is 5.91 Å². The number of piperidine rings is 2. The van der Waals surface area contributed by atoms with E-state index in [4.69, 9.17) is 4.74 Å². The largest absolute Gasteiger partial charge is 0.438 e. The monoisotopic (exact) mass is 570 g/mol. The molecule has 0 aliphatic carbocycles. The number of nitrogens with zero attached hydrogens (tertiary/aromatic N) is 4. The second-order valence-corrected chi connectivity index (χ2v) is 10.9. The Morgan fingerprint density at radius 1 is 1.05 bits per heavy atom. The summed E-state index contributed by atoms with van der Waals surface area (Å²) in [5.74, 6) is 0.0856.